The first-order valence-electron chi connectivity index (χ1n) is 6.98. The van der Waals surface area contributed by atoms with Gasteiger partial charge in [0.05, 0.1) is 10.3 Å². The standard InChI is InChI=1S/C18H11NS4/c1-11(10-19)12-2-3-13-9-17(23-16(13)8-12)14-4-5-15(22-14)18-20-6-7-21-18/h2-9H,1H3/b12-11+,17-14+. The minimum absolute atomic E-state index is 0.763. The van der Waals surface area contributed by atoms with Gasteiger partial charge in [-0.1, -0.05) is 35.7 Å². The molecule has 4 rings (SSSR count). The maximum atomic E-state index is 9.06. The Kier molecular flexibility index (Phi) is 4.08. The first-order valence-corrected chi connectivity index (χ1v) is 10.4. The van der Waals surface area contributed by atoms with Gasteiger partial charge in [-0.15, -0.1) is 22.7 Å². The highest BCUT2D eigenvalue weighted by Gasteiger charge is 2.04. The predicted molar refractivity (Wildman–Crippen MR) is 105 cm³/mol. The van der Waals surface area contributed by atoms with Crippen LogP contribution in [0.2, 0.25) is 0 Å². The van der Waals surface area contributed by atoms with Crippen LogP contribution in [-0.2, 0) is 0 Å². The summed E-state index contributed by atoms with van der Waals surface area (Å²) in [7, 11) is 0. The molecule has 5 heteroatoms. The lowest BCUT2D eigenvalue weighted by Gasteiger charge is -1.90. The Balaban J connectivity index is 1.97. The number of fused-ring (bicyclic) bond motifs is 1. The number of thiophene rings is 2. The lowest BCUT2D eigenvalue weighted by atomic mass is 10.2. The fourth-order valence-electron chi connectivity index (χ4n) is 2.35. The molecule has 0 amide bonds. The van der Waals surface area contributed by atoms with Crippen molar-refractivity contribution in [1.29, 1.82) is 5.26 Å². The van der Waals surface area contributed by atoms with Crippen LogP contribution in [-0.4, -0.2) is 0 Å². The molecule has 23 heavy (non-hydrogen) atoms. The molecular weight excluding hydrogens is 358 g/mol. The molecule has 1 nitrogen and oxygen atoms in total. The van der Waals surface area contributed by atoms with E-state index in [1.165, 1.54) is 27.9 Å². The Morgan fingerprint density at radius 2 is 1.70 bits per heavy atom. The average Bonchev–Trinajstić information content (AvgIpc) is 3.31. The van der Waals surface area contributed by atoms with Gasteiger partial charge in [-0.2, -0.15) is 5.26 Å². The van der Waals surface area contributed by atoms with E-state index in [0.29, 0.717) is 0 Å². The van der Waals surface area contributed by atoms with Crippen molar-refractivity contribution >= 4 is 66.1 Å². The van der Waals surface area contributed by atoms with Crippen molar-refractivity contribution < 1.29 is 0 Å². The smallest absolute Gasteiger partial charge is 0.0950 e. The van der Waals surface area contributed by atoms with Gasteiger partial charge in [0, 0.05) is 23.9 Å². The quantitative estimate of drug-likeness (QED) is 0.559. The average molecular weight is 370 g/mol. The number of nitrogens with zero attached hydrogens (tertiary/aromatic N) is 1. The lowest BCUT2D eigenvalue weighted by Crippen LogP contribution is -2.00. The number of hydrogen-bond donors (Lipinski definition) is 0. The molecule has 0 fully saturated rings. The van der Waals surface area contributed by atoms with Gasteiger partial charge in [0.2, 0.25) is 0 Å². The summed E-state index contributed by atoms with van der Waals surface area (Å²) < 4.78 is 6.55. The van der Waals surface area contributed by atoms with Crippen LogP contribution in [0.3, 0.4) is 0 Å². The van der Waals surface area contributed by atoms with Gasteiger partial charge >= 0.3 is 0 Å². The fraction of sp³-hybridized carbons (Fsp3) is 0.0556. The summed E-state index contributed by atoms with van der Waals surface area (Å²) in [4.78, 5) is 0. The third-order valence-electron chi connectivity index (χ3n) is 3.58. The molecule has 0 N–H and O–H groups in total. The molecule has 0 bridgehead atoms. The number of hydrogen-bond acceptors (Lipinski definition) is 5. The van der Waals surface area contributed by atoms with Crippen LogP contribution in [0.25, 0.3) is 19.9 Å². The van der Waals surface area contributed by atoms with Crippen LogP contribution in [0.5, 0.6) is 0 Å². The van der Waals surface area contributed by atoms with E-state index >= 15 is 0 Å². The first-order chi connectivity index (χ1) is 11.2. The number of benzene rings is 1. The minimum atomic E-state index is 0.763. The minimum Gasteiger partial charge on any atom is -0.193 e. The predicted octanol–water partition coefficient (Wildman–Crippen LogP) is 4.96. The second-order valence-corrected chi connectivity index (χ2v) is 9.32. The third-order valence-corrected chi connectivity index (χ3v) is 8.39. The molecule has 0 aliphatic carbocycles. The van der Waals surface area contributed by atoms with Crippen LogP contribution < -0.4 is 9.75 Å². The highest BCUT2D eigenvalue weighted by molar-refractivity contribution is 8.34. The molecule has 3 heterocycles. The van der Waals surface area contributed by atoms with Crippen LogP contribution in [0.15, 0.2) is 47.2 Å². The van der Waals surface area contributed by atoms with Crippen LogP contribution in [0.4, 0.5) is 0 Å². The van der Waals surface area contributed by atoms with Gasteiger partial charge < -0.3 is 0 Å². The van der Waals surface area contributed by atoms with Crippen molar-refractivity contribution in [2.45, 2.75) is 6.92 Å². The van der Waals surface area contributed by atoms with Crippen LogP contribution in [0.1, 0.15) is 6.92 Å². The zero-order valence-electron chi connectivity index (χ0n) is 12.2. The summed E-state index contributed by atoms with van der Waals surface area (Å²) in [5.74, 6) is 0. The van der Waals surface area contributed by atoms with Crippen molar-refractivity contribution in [3.05, 3.63) is 66.0 Å². The van der Waals surface area contributed by atoms with Crippen LogP contribution >= 0.6 is 46.2 Å². The van der Waals surface area contributed by atoms with Gasteiger partial charge in [0.25, 0.3) is 0 Å². The van der Waals surface area contributed by atoms with Gasteiger partial charge in [-0.05, 0) is 52.6 Å². The Bertz CT molecular complexity index is 1180. The fourth-order valence-corrected chi connectivity index (χ4v) is 6.53. The van der Waals surface area contributed by atoms with Crippen molar-refractivity contribution in [3.8, 4) is 6.07 Å². The maximum Gasteiger partial charge on any atom is 0.0950 e. The van der Waals surface area contributed by atoms with Gasteiger partial charge in [-0.3, -0.25) is 0 Å². The van der Waals surface area contributed by atoms with E-state index in [9.17, 15) is 0 Å². The van der Waals surface area contributed by atoms with Crippen molar-refractivity contribution in [1.82, 2.24) is 0 Å². The second-order valence-electron chi connectivity index (χ2n) is 5.06. The molecule has 0 unspecified atom stereocenters. The van der Waals surface area contributed by atoms with E-state index in [0.717, 1.165) is 10.8 Å². The summed E-state index contributed by atoms with van der Waals surface area (Å²) in [6, 6.07) is 15.2. The number of thioether (sulfide) groups is 2. The highest BCUT2D eigenvalue weighted by atomic mass is 32.2. The highest BCUT2D eigenvalue weighted by Crippen LogP contribution is 2.38. The Morgan fingerprint density at radius 3 is 2.48 bits per heavy atom. The maximum absolute atomic E-state index is 9.06. The van der Waals surface area contributed by atoms with Crippen LogP contribution in [0, 0.1) is 20.4 Å². The zero-order chi connectivity index (χ0) is 15.8. The summed E-state index contributed by atoms with van der Waals surface area (Å²) in [6.45, 7) is 1.86. The number of nitriles is 1. The first kappa shape index (κ1) is 15.1. The Hall–Kier alpha value is -1.45. The van der Waals surface area contributed by atoms with Gasteiger partial charge in [-0.25, -0.2) is 0 Å². The summed E-state index contributed by atoms with van der Waals surface area (Å²) >= 11 is 7.24. The topological polar surface area (TPSA) is 23.8 Å². The van der Waals surface area contributed by atoms with Gasteiger partial charge in [0.15, 0.2) is 0 Å². The monoisotopic (exact) mass is 369 g/mol. The van der Waals surface area contributed by atoms with E-state index in [1.54, 1.807) is 34.9 Å². The largest absolute Gasteiger partial charge is 0.193 e. The molecule has 0 saturated heterocycles. The Labute approximate surface area is 150 Å². The zero-order valence-corrected chi connectivity index (χ0v) is 15.5. The molecule has 3 aromatic rings. The molecule has 2 aromatic heterocycles. The molecule has 1 aliphatic rings. The van der Waals surface area contributed by atoms with E-state index in [1.807, 2.05) is 24.3 Å². The molecule has 112 valence electrons. The summed E-state index contributed by atoms with van der Waals surface area (Å²) in [5, 5.41) is 15.6. The van der Waals surface area contributed by atoms with E-state index in [2.05, 4.69) is 47.2 Å². The van der Waals surface area contributed by atoms with Crippen molar-refractivity contribution in [2.24, 2.45) is 0 Å². The second kappa shape index (κ2) is 6.21. The van der Waals surface area contributed by atoms with E-state index < -0.39 is 0 Å². The lowest BCUT2D eigenvalue weighted by molar-refractivity contribution is 1.50. The normalized spacial score (nSPS) is 16.8. The van der Waals surface area contributed by atoms with Crippen molar-refractivity contribution in [2.75, 3.05) is 0 Å². The summed E-state index contributed by atoms with van der Waals surface area (Å²) in [5.41, 5.74) is 0.763. The number of rotatable bonds is 0. The van der Waals surface area contributed by atoms with E-state index in [4.69, 9.17) is 5.26 Å². The molecule has 1 aromatic carbocycles. The molecule has 0 atom stereocenters. The molecule has 0 radical (unpaired) electrons. The SMILES string of the molecule is C/C(C#N)=c1/ccc2c/c(=c3/ccc(=C4SC=CS4)s3)sc2c1. The molecule has 0 saturated carbocycles. The summed E-state index contributed by atoms with van der Waals surface area (Å²) in [6.07, 6.45) is 0. The van der Waals surface area contributed by atoms with Gasteiger partial charge in [0.1, 0.15) is 0 Å². The Morgan fingerprint density at radius 1 is 0.913 bits per heavy atom. The third kappa shape index (κ3) is 2.88. The van der Waals surface area contributed by atoms with E-state index in [-0.39, 0.29) is 0 Å². The van der Waals surface area contributed by atoms with Crippen molar-refractivity contribution in [3.63, 3.8) is 0 Å². The molecule has 1 aliphatic heterocycles. The molecular formula is C18H11NS4. The molecule has 0 spiro atoms.